The number of hydrogen-bond acceptors (Lipinski definition) is 4. The normalized spacial score (nSPS) is 18.7. The van der Waals surface area contributed by atoms with Crippen LogP contribution in [0.1, 0.15) is 29.3 Å². The van der Waals surface area contributed by atoms with Gasteiger partial charge in [0.2, 0.25) is 0 Å². The van der Waals surface area contributed by atoms with Crippen LogP contribution in [0.4, 0.5) is 10.5 Å². The first-order chi connectivity index (χ1) is 13.9. The minimum absolute atomic E-state index is 0.152. The van der Waals surface area contributed by atoms with Gasteiger partial charge in [0.1, 0.15) is 0 Å². The zero-order valence-electron chi connectivity index (χ0n) is 16.2. The molecule has 3 rings (SSSR count). The number of likely N-dealkylation sites (tertiary alicyclic amines) is 1. The van der Waals surface area contributed by atoms with Gasteiger partial charge in [-0.2, -0.15) is 0 Å². The average Bonchev–Trinajstić information content (AvgIpc) is 2.73. The summed E-state index contributed by atoms with van der Waals surface area (Å²) in [7, 11) is 0. The molecule has 1 fully saturated rings. The Hall–Kier alpha value is -3.42. The number of pyridine rings is 1. The van der Waals surface area contributed by atoms with Crippen LogP contribution in [-0.4, -0.2) is 46.0 Å². The van der Waals surface area contributed by atoms with E-state index >= 15 is 0 Å². The van der Waals surface area contributed by atoms with E-state index in [4.69, 9.17) is 0 Å². The second-order valence-electron chi connectivity index (χ2n) is 7.33. The number of amides is 3. The standard InChI is InChI=1S/C21H24N4O4/c1-14-10-17(20(27)28)13-25(12-14)21(29)23-11-15-2-4-18(5-3-15)24-19(26)16-6-8-22-9-7-16/h2-9,14,17H,10-13H2,1H3,(H,23,29)(H,24,26)(H,27,28). The molecule has 1 saturated heterocycles. The highest BCUT2D eigenvalue weighted by molar-refractivity contribution is 6.04. The van der Waals surface area contributed by atoms with Gasteiger partial charge in [-0.15, -0.1) is 0 Å². The molecule has 0 bridgehead atoms. The number of piperidine rings is 1. The summed E-state index contributed by atoms with van der Waals surface area (Å²) in [5.74, 6) is -1.45. The minimum atomic E-state index is -0.862. The molecule has 29 heavy (non-hydrogen) atoms. The first-order valence-corrected chi connectivity index (χ1v) is 9.48. The van der Waals surface area contributed by atoms with Crippen molar-refractivity contribution < 1.29 is 19.5 Å². The molecule has 0 spiro atoms. The molecule has 2 aromatic rings. The van der Waals surface area contributed by atoms with Crippen molar-refractivity contribution in [3.05, 3.63) is 59.9 Å². The number of nitrogens with one attached hydrogen (secondary N) is 2. The van der Waals surface area contributed by atoms with Crippen LogP contribution in [0, 0.1) is 11.8 Å². The summed E-state index contributed by atoms with van der Waals surface area (Å²) in [6, 6.07) is 10.2. The second-order valence-corrected chi connectivity index (χ2v) is 7.33. The molecule has 1 aromatic carbocycles. The predicted octanol–water partition coefficient (Wildman–Crippen LogP) is 2.59. The van der Waals surface area contributed by atoms with Crippen LogP contribution in [0.5, 0.6) is 0 Å². The molecule has 0 aliphatic carbocycles. The number of carbonyl (C=O) groups is 3. The number of aromatic nitrogens is 1. The number of nitrogens with zero attached hydrogens (tertiary/aromatic N) is 2. The van der Waals surface area contributed by atoms with Crippen LogP contribution in [0.2, 0.25) is 0 Å². The van der Waals surface area contributed by atoms with Crippen molar-refractivity contribution in [3.63, 3.8) is 0 Å². The van der Waals surface area contributed by atoms with Crippen LogP contribution in [-0.2, 0) is 11.3 Å². The average molecular weight is 396 g/mol. The van der Waals surface area contributed by atoms with Gasteiger partial charge in [0.15, 0.2) is 0 Å². The lowest BCUT2D eigenvalue weighted by Crippen LogP contribution is -2.49. The molecular formula is C21H24N4O4. The lowest BCUT2D eigenvalue weighted by atomic mass is 9.91. The summed E-state index contributed by atoms with van der Waals surface area (Å²) in [5, 5.41) is 14.9. The fraction of sp³-hybridized carbons (Fsp3) is 0.333. The molecule has 2 atom stereocenters. The first-order valence-electron chi connectivity index (χ1n) is 9.48. The summed E-state index contributed by atoms with van der Waals surface area (Å²) in [4.78, 5) is 41.3. The molecule has 0 saturated carbocycles. The van der Waals surface area contributed by atoms with E-state index in [1.165, 1.54) is 0 Å². The van der Waals surface area contributed by atoms with Crippen molar-refractivity contribution in [2.45, 2.75) is 19.9 Å². The molecule has 3 amide bonds. The van der Waals surface area contributed by atoms with E-state index in [0.29, 0.717) is 30.8 Å². The predicted molar refractivity (Wildman–Crippen MR) is 107 cm³/mol. The van der Waals surface area contributed by atoms with Crippen LogP contribution in [0.3, 0.4) is 0 Å². The second kappa shape index (κ2) is 9.18. The Bertz CT molecular complexity index is 870. The van der Waals surface area contributed by atoms with Crippen molar-refractivity contribution in [2.24, 2.45) is 11.8 Å². The minimum Gasteiger partial charge on any atom is -0.481 e. The molecule has 1 aliphatic heterocycles. The topological polar surface area (TPSA) is 112 Å². The fourth-order valence-corrected chi connectivity index (χ4v) is 3.40. The molecule has 3 N–H and O–H groups in total. The van der Waals surface area contributed by atoms with Gasteiger partial charge in [0.25, 0.3) is 5.91 Å². The summed E-state index contributed by atoms with van der Waals surface area (Å²) >= 11 is 0. The van der Waals surface area contributed by atoms with Crippen LogP contribution in [0.25, 0.3) is 0 Å². The Morgan fingerprint density at radius 1 is 1.10 bits per heavy atom. The first kappa shape index (κ1) is 20.3. The highest BCUT2D eigenvalue weighted by Gasteiger charge is 2.31. The number of anilines is 1. The van der Waals surface area contributed by atoms with Gasteiger partial charge in [-0.1, -0.05) is 19.1 Å². The maximum absolute atomic E-state index is 12.4. The number of aliphatic carboxylic acids is 1. The maximum Gasteiger partial charge on any atom is 0.317 e. The smallest absolute Gasteiger partial charge is 0.317 e. The van der Waals surface area contributed by atoms with Crippen molar-refractivity contribution in [3.8, 4) is 0 Å². The lowest BCUT2D eigenvalue weighted by molar-refractivity contribution is -0.143. The number of benzene rings is 1. The van der Waals surface area contributed by atoms with Gasteiger partial charge in [-0.05, 0) is 42.2 Å². The number of carboxylic acid groups (broad SMARTS) is 1. The van der Waals surface area contributed by atoms with E-state index in [1.54, 1.807) is 41.6 Å². The van der Waals surface area contributed by atoms with Gasteiger partial charge in [0, 0.05) is 43.3 Å². The fourth-order valence-electron chi connectivity index (χ4n) is 3.40. The Morgan fingerprint density at radius 2 is 1.79 bits per heavy atom. The van der Waals surface area contributed by atoms with Gasteiger partial charge in [-0.3, -0.25) is 14.6 Å². The number of hydrogen-bond donors (Lipinski definition) is 3. The zero-order chi connectivity index (χ0) is 20.8. The number of carbonyl (C=O) groups excluding carboxylic acids is 2. The van der Waals surface area contributed by atoms with Crippen molar-refractivity contribution in [1.82, 2.24) is 15.2 Å². The molecule has 2 heterocycles. The summed E-state index contributed by atoms with van der Waals surface area (Å²) in [5.41, 5.74) is 2.04. The zero-order valence-corrected chi connectivity index (χ0v) is 16.2. The molecule has 0 radical (unpaired) electrons. The molecule has 152 valence electrons. The van der Waals surface area contributed by atoms with E-state index in [9.17, 15) is 19.5 Å². The number of rotatable bonds is 5. The third-order valence-corrected chi connectivity index (χ3v) is 4.89. The molecule has 2 unspecified atom stereocenters. The number of urea groups is 1. The molecule has 8 nitrogen and oxygen atoms in total. The van der Waals surface area contributed by atoms with Crippen LogP contribution >= 0.6 is 0 Å². The molecular weight excluding hydrogens is 372 g/mol. The molecule has 8 heteroatoms. The van der Waals surface area contributed by atoms with Crippen molar-refractivity contribution in [2.75, 3.05) is 18.4 Å². The third-order valence-electron chi connectivity index (χ3n) is 4.89. The SMILES string of the molecule is CC1CC(C(=O)O)CN(C(=O)NCc2ccc(NC(=O)c3ccncc3)cc2)C1. The van der Waals surface area contributed by atoms with Crippen LogP contribution < -0.4 is 10.6 Å². The largest absolute Gasteiger partial charge is 0.481 e. The van der Waals surface area contributed by atoms with Gasteiger partial charge in [-0.25, -0.2) is 4.79 Å². The highest BCUT2D eigenvalue weighted by atomic mass is 16.4. The maximum atomic E-state index is 12.4. The van der Waals surface area contributed by atoms with Crippen molar-refractivity contribution >= 4 is 23.6 Å². The summed E-state index contributed by atoms with van der Waals surface area (Å²) in [6.45, 7) is 3.05. The van der Waals surface area contributed by atoms with Crippen LogP contribution in [0.15, 0.2) is 48.8 Å². The van der Waals surface area contributed by atoms with E-state index in [2.05, 4.69) is 15.6 Å². The molecule has 1 aliphatic rings. The Morgan fingerprint density at radius 3 is 2.45 bits per heavy atom. The highest BCUT2D eigenvalue weighted by Crippen LogP contribution is 2.22. The quantitative estimate of drug-likeness (QED) is 0.719. The lowest BCUT2D eigenvalue weighted by Gasteiger charge is -2.34. The summed E-state index contributed by atoms with van der Waals surface area (Å²) < 4.78 is 0. The van der Waals surface area contributed by atoms with Gasteiger partial charge < -0.3 is 20.6 Å². The molecule has 1 aromatic heterocycles. The van der Waals surface area contributed by atoms with Gasteiger partial charge in [0.05, 0.1) is 5.92 Å². The Balaban J connectivity index is 1.51. The van der Waals surface area contributed by atoms with E-state index in [1.807, 2.05) is 19.1 Å². The van der Waals surface area contributed by atoms with Gasteiger partial charge >= 0.3 is 12.0 Å². The monoisotopic (exact) mass is 396 g/mol. The number of carboxylic acids is 1. The Kier molecular flexibility index (Phi) is 6.43. The van der Waals surface area contributed by atoms with E-state index in [0.717, 1.165) is 5.56 Å². The van der Waals surface area contributed by atoms with Crippen molar-refractivity contribution in [1.29, 1.82) is 0 Å². The van der Waals surface area contributed by atoms with E-state index in [-0.39, 0.29) is 24.4 Å². The Labute approximate surface area is 168 Å². The summed E-state index contributed by atoms with van der Waals surface area (Å²) in [6.07, 6.45) is 3.71. The van der Waals surface area contributed by atoms with E-state index < -0.39 is 11.9 Å². The third kappa shape index (κ3) is 5.54.